The summed E-state index contributed by atoms with van der Waals surface area (Å²) < 4.78 is 5.87. The van der Waals surface area contributed by atoms with E-state index in [2.05, 4.69) is 51.7 Å². The lowest BCUT2D eigenvalue weighted by molar-refractivity contribution is 0.322. The van der Waals surface area contributed by atoms with Crippen LogP contribution in [0.25, 0.3) is 22.2 Å². The molecule has 4 rings (SSSR count). The zero-order chi connectivity index (χ0) is 16.4. The van der Waals surface area contributed by atoms with Gasteiger partial charge in [0, 0.05) is 29.1 Å². The van der Waals surface area contributed by atoms with Crippen molar-refractivity contribution in [3.63, 3.8) is 0 Å². The molecular formula is C20H18N2OS. The standard InChI is InChI=1S/C20H18N2OS/c1-14-22-20(13-24-14)16-3-5-18(6-4-16)23-11-9-15-2-7-19-17(12-15)8-10-21-19/h2-8,10,12-13,21H,9,11H2,1H3. The smallest absolute Gasteiger partial charge is 0.119 e. The normalized spacial score (nSPS) is 11.0. The minimum Gasteiger partial charge on any atom is -0.493 e. The lowest BCUT2D eigenvalue weighted by atomic mass is 10.1. The van der Waals surface area contributed by atoms with Crippen LogP contribution in [0.4, 0.5) is 0 Å². The van der Waals surface area contributed by atoms with Gasteiger partial charge >= 0.3 is 0 Å². The molecule has 0 amide bonds. The Balaban J connectivity index is 1.37. The SMILES string of the molecule is Cc1nc(-c2ccc(OCCc3ccc4[nH]ccc4c3)cc2)cs1. The van der Waals surface area contributed by atoms with Gasteiger partial charge in [-0.1, -0.05) is 6.07 Å². The second-order valence-electron chi connectivity index (χ2n) is 5.77. The van der Waals surface area contributed by atoms with Crippen LogP contribution in [0.2, 0.25) is 0 Å². The molecule has 1 N–H and O–H groups in total. The minimum atomic E-state index is 0.672. The molecule has 120 valence electrons. The van der Waals surface area contributed by atoms with Crippen molar-refractivity contribution < 1.29 is 4.74 Å². The maximum absolute atomic E-state index is 5.87. The number of nitrogens with one attached hydrogen (secondary N) is 1. The van der Waals surface area contributed by atoms with Gasteiger partial charge in [-0.05, 0) is 60.3 Å². The number of nitrogens with zero attached hydrogens (tertiary/aromatic N) is 1. The molecule has 4 heteroatoms. The summed E-state index contributed by atoms with van der Waals surface area (Å²) in [5.74, 6) is 0.897. The Hall–Kier alpha value is -2.59. The van der Waals surface area contributed by atoms with Crippen LogP contribution in [0.1, 0.15) is 10.6 Å². The van der Waals surface area contributed by atoms with Crippen LogP contribution < -0.4 is 4.74 Å². The third kappa shape index (κ3) is 3.19. The van der Waals surface area contributed by atoms with Crippen molar-refractivity contribution in [2.24, 2.45) is 0 Å². The van der Waals surface area contributed by atoms with Crippen LogP contribution in [0.5, 0.6) is 5.75 Å². The Labute approximate surface area is 145 Å². The van der Waals surface area contributed by atoms with E-state index in [1.54, 1.807) is 11.3 Å². The van der Waals surface area contributed by atoms with Gasteiger partial charge in [0.25, 0.3) is 0 Å². The number of thiazole rings is 1. The van der Waals surface area contributed by atoms with Crippen LogP contribution in [0.3, 0.4) is 0 Å². The summed E-state index contributed by atoms with van der Waals surface area (Å²) in [7, 11) is 0. The summed E-state index contributed by atoms with van der Waals surface area (Å²) in [6.07, 6.45) is 2.87. The van der Waals surface area contributed by atoms with Crippen LogP contribution in [-0.2, 0) is 6.42 Å². The quantitative estimate of drug-likeness (QED) is 0.543. The van der Waals surface area contributed by atoms with Crippen LogP contribution >= 0.6 is 11.3 Å². The lowest BCUT2D eigenvalue weighted by Gasteiger charge is -2.07. The molecule has 0 aliphatic rings. The lowest BCUT2D eigenvalue weighted by Crippen LogP contribution is -2.01. The molecule has 0 bridgehead atoms. The van der Waals surface area contributed by atoms with Gasteiger partial charge in [-0.3, -0.25) is 0 Å². The van der Waals surface area contributed by atoms with Crippen LogP contribution in [-0.4, -0.2) is 16.6 Å². The molecule has 0 unspecified atom stereocenters. The van der Waals surface area contributed by atoms with Gasteiger partial charge in [0.05, 0.1) is 17.3 Å². The second-order valence-corrected chi connectivity index (χ2v) is 6.84. The number of hydrogen-bond donors (Lipinski definition) is 1. The number of ether oxygens (including phenoxy) is 1. The molecule has 2 aromatic carbocycles. The van der Waals surface area contributed by atoms with Crippen LogP contribution in [0.15, 0.2) is 60.1 Å². The summed E-state index contributed by atoms with van der Waals surface area (Å²) >= 11 is 1.67. The van der Waals surface area contributed by atoms with Crippen molar-refractivity contribution >= 4 is 22.2 Å². The highest BCUT2D eigenvalue weighted by Crippen LogP contribution is 2.24. The monoisotopic (exact) mass is 334 g/mol. The van der Waals surface area contributed by atoms with Crippen molar-refractivity contribution in [1.82, 2.24) is 9.97 Å². The van der Waals surface area contributed by atoms with E-state index in [9.17, 15) is 0 Å². The zero-order valence-electron chi connectivity index (χ0n) is 13.5. The fourth-order valence-corrected chi connectivity index (χ4v) is 3.38. The Morgan fingerprint density at radius 1 is 1.08 bits per heavy atom. The Morgan fingerprint density at radius 3 is 2.75 bits per heavy atom. The fraction of sp³-hybridized carbons (Fsp3) is 0.150. The molecule has 2 heterocycles. The first-order valence-electron chi connectivity index (χ1n) is 7.99. The highest BCUT2D eigenvalue weighted by molar-refractivity contribution is 7.09. The van der Waals surface area contributed by atoms with E-state index in [0.29, 0.717) is 6.61 Å². The molecular weight excluding hydrogens is 316 g/mol. The molecule has 0 aliphatic heterocycles. The van der Waals surface area contributed by atoms with E-state index >= 15 is 0 Å². The molecule has 0 saturated carbocycles. The number of hydrogen-bond acceptors (Lipinski definition) is 3. The number of fused-ring (bicyclic) bond motifs is 1. The van der Waals surface area contributed by atoms with Gasteiger partial charge in [0.15, 0.2) is 0 Å². The molecule has 0 spiro atoms. The van der Waals surface area contributed by atoms with Gasteiger partial charge in [-0.15, -0.1) is 11.3 Å². The van der Waals surface area contributed by atoms with Crippen molar-refractivity contribution in [2.45, 2.75) is 13.3 Å². The maximum Gasteiger partial charge on any atom is 0.119 e. The van der Waals surface area contributed by atoms with Gasteiger partial charge < -0.3 is 9.72 Å². The zero-order valence-corrected chi connectivity index (χ0v) is 14.3. The number of aryl methyl sites for hydroxylation is 1. The van der Waals surface area contributed by atoms with E-state index in [-0.39, 0.29) is 0 Å². The van der Waals surface area contributed by atoms with E-state index in [1.165, 1.54) is 16.5 Å². The van der Waals surface area contributed by atoms with Gasteiger partial charge in [-0.25, -0.2) is 4.98 Å². The Morgan fingerprint density at radius 2 is 1.96 bits per heavy atom. The predicted octanol–water partition coefficient (Wildman–Crippen LogP) is 5.22. The molecule has 0 atom stereocenters. The number of aromatic nitrogens is 2. The molecule has 4 aromatic rings. The largest absolute Gasteiger partial charge is 0.493 e. The Kier molecular flexibility index (Phi) is 4.05. The molecule has 0 radical (unpaired) electrons. The number of rotatable bonds is 5. The summed E-state index contributed by atoms with van der Waals surface area (Å²) in [6, 6.07) is 16.7. The van der Waals surface area contributed by atoms with Crippen LogP contribution in [0, 0.1) is 6.92 Å². The summed E-state index contributed by atoms with van der Waals surface area (Å²) in [4.78, 5) is 7.72. The molecule has 0 fully saturated rings. The van der Waals surface area contributed by atoms with Gasteiger partial charge in [0.1, 0.15) is 5.75 Å². The number of H-pyrrole nitrogens is 1. The molecule has 24 heavy (non-hydrogen) atoms. The van der Waals surface area contributed by atoms with Crippen molar-refractivity contribution in [1.29, 1.82) is 0 Å². The van der Waals surface area contributed by atoms with E-state index < -0.39 is 0 Å². The topological polar surface area (TPSA) is 37.9 Å². The fourth-order valence-electron chi connectivity index (χ4n) is 2.76. The second kappa shape index (κ2) is 6.49. The van der Waals surface area contributed by atoms with Gasteiger partial charge in [0.2, 0.25) is 0 Å². The van der Waals surface area contributed by atoms with Crippen molar-refractivity contribution in [3.05, 3.63) is 70.7 Å². The average Bonchev–Trinajstić information content (AvgIpc) is 3.24. The number of benzene rings is 2. The van der Waals surface area contributed by atoms with Gasteiger partial charge in [-0.2, -0.15) is 0 Å². The summed E-state index contributed by atoms with van der Waals surface area (Å²) in [6.45, 7) is 2.70. The maximum atomic E-state index is 5.87. The Bertz CT molecular complexity index is 953. The summed E-state index contributed by atoms with van der Waals surface area (Å²) in [5.41, 5.74) is 4.62. The first kappa shape index (κ1) is 15.0. The van der Waals surface area contributed by atoms with E-state index in [0.717, 1.165) is 28.4 Å². The highest BCUT2D eigenvalue weighted by Gasteiger charge is 2.03. The predicted molar refractivity (Wildman–Crippen MR) is 99.8 cm³/mol. The molecule has 0 saturated heterocycles. The van der Waals surface area contributed by atoms with Crippen molar-refractivity contribution in [3.8, 4) is 17.0 Å². The highest BCUT2D eigenvalue weighted by atomic mass is 32.1. The average molecular weight is 334 g/mol. The van der Waals surface area contributed by atoms with E-state index in [1.807, 2.05) is 25.3 Å². The molecule has 2 aromatic heterocycles. The van der Waals surface area contributed by atoms with E-state index in [4.69, 9.17) is 4.74 Å². The third-order valence-electron chi connectivity index (χ3n) is 4.05. The summed E-state index contributed by atoms with van der Waals surface area (Å²) in [5, 5.41) is 4.42. The first-order valence-corrected chi connectivity index (χ1v) is 8.87. The molecule has 3 nitrogen and oxygen atoms in total. The number of aromatic amines is 1. The first-order chi connectivity index (χ1) is 11.8. The molecule has 0 aliphatic carbocycles. The minimum absolute atomic E-state index is 0.672. The third-order valence-corrected chi connectivity index (χ3v) is 4.82. The van der Waals surface area contributed by atoms with Crippen molar-refractivity contribution in [2.75, 3.05) is 6.61 Å².